The number of ketones is 1. The van der Waals surface area contributed by atoms with Crippen LogP contribution in [0.4, 0.5) is 5.82 Å². The van der Waals surface area contributed by atoms with Gasteiger partial charge >= 0.3 is 0 Å². The van der Waals surface area contributed by atoms with Gasteiger partial charge in [0.2, 0.25) is 11.7 Å². The summed E-state index contributed by atoms with van der Waals surface area (Å²) in [4.78, 5) is 33.1. The van der Waals surface area contributed by atoms with Crippen molar-refractivity contribution in [2.75, 3.05) is 12.4 Å². The molecule has 8 heteroatoms. The van der Waals surface area contributed by atoms with E-state index in [-0.39, 0.29) is 5.88 Å². The number of carbonyl (C=O) groups excluding carboxylic acids is 1. The zero-order valence-electron chi connectivity index (χ0n) is 16.6. The number of ether oxygens (including phenoxy) is 1. The Hall–Kier alpha value is -3.94. The van der Waals surface area contributed by atoms with E-state index in [4.69, 9.17) is 10.1 Å². The summed E-state index contributed by atoms with van der Waals surface area (Å²) in [5.74, 6) is -0.00442. The SMILES string of the molecule is COc1cncc(NC(C(=O)C(=N)C(N=O)c2ccccc2)c2ccc(C)cc2)n1. The summed E-state index contributed by atoms with van der Waals surface area (Å²) in [5, 5.41) is 14.5. The third kappa shape index (κ3) is 4.72. The monoisotopic (exact) mass is 403 g/mol. The lowest BCUT2D eigenvalue weighted by molar-refractivity contribution is -0.114. The fourth-order valence-electron chi connectivity index (χ4n) is 2.93. The third-order valence-electron chi connectivity index (χ3n) is 4.55. The third-order valence-corrected chi connectivity index (χ3v) is 4.55. The summed E-state index contributed by atoms with van der Waals surface area (Å²) in [6.07, 6.45) is 2.89. The molecule has 0 spiro atoms. The van der Waals surface area contributed by atoms with Gasteiger partial charge < -0.3 is 10.1 Å². The zero-order chi connectivity index (χ0) is 21.5. The number of aromatic nitrogens is 2. The predicted molar refractivity (Wildman–Crippen MR) is 114 cm³/mol. The van der Waals surface area contributed by atoms with Gasteiger partial charge in [0.25, 0.3) is 0 Å². The number of hydrogen-bond acceptors (Lipinski definition) is 8. The molecule has 3 aromatic rings. The predicted octanol–water partition coefficient (Wildman–Crippen LogP) is 4.04. The van der Waals surface area contributed by atoms with Crippen LogP contribution in [0.2, 0.25) is 0 Å². The van der Waals surface area contributed by atoms with Gasteiger partial charge in [0, 0.05) is 0 Å². The molecule has 2 atom stereocenters. The number of aryl methyl sites for hydroxylation is 1. The van der Waals surface area contributed by atoms with Crippen LogP contribution in [0.25, 0.3) is 0 Å². The first-order chi connectivity index (χ1) is 14.5. The Morgan fingerprint density at radius 2 is 1.77 bits per heavy atom. The number of anilines is 1. The Morgan fingerprint density at radius 3 is 2.40 bits per heavy atom. The maximum absolute atomic E-state index is 13.3. The van der Waals surface area contributed by atoms with Crippen molar-refractivity contribution in [2.24, 2.45) is 5.18 Å². The summed E-state index contributed by atoms with van der Waals surface area (Å²) >= 11 is 0. The molecule has 0 aliphatic heterocycles. The van der Waals surface area contributed by atoms with E-state index in [1.165, 1.54) is 19.5 Å². The van der Waals surface area contributed by atoms with Crippen LogP contribution in [-0.2, 0) is 4.79 Å². The number of carbonyl (C=O) groups is 1. The maximum atomic E-state index is 13.3. The molecular formula is C22H21N5O3. The first kappa shape index (κ1) is 20.8. The minimum absolute atomic E-state index is 0.280. The van der Waals surface area contributed by atoms with E-state index >= 15 is 0 Å². The summed E-state index contributed by atoms with van der Waals surface area (Å²) in [5.41, 5.74) is 1.72. The van der Waals surface area contributed by atoms with Crippen LogP contribution in [0.1, 0.15) is 28.8 Å². The van der Waals surface area contributed by atoms with Gasteiger partial charge in [0.1, 0.15) is 17.6 Å². The number of hydrogen-bond donors (Lipinski definition) is 2. The van der Waals surface area contributed by atoms with Crippen molar-refractivity contribution in [3.63, 3.8) is 0 Å². The van der Waals surface area contributed by atoms with E-state index in [0.717, 1.165) is 5.56 Å². The Balaban J connectivity index is 1.95. The highest BCUT2D eigenvalue weighted by Gasteiger charge is 2.31. The zero-order valence-corrected chi connectivity index (χ0v) is 16.6. The number of methoxy groups -OCH3 is 1. The summed E-state index contributed by atoms with van der Waals surface area (Å²) < 4.78 is 5.08. The highest BCUT2D eigenvalue weighted by molar-refractivity contribution is 6.42. The van der Waals surface area contributed by atoms with Crippen molar-refractivity contribution in [3.05, 3.63) is 88.6 Å². The summed E-state index contributed by atoms with van der Waals surface area (Å²) in [6.45, 7) is 1.94. The Bertz CT molecular complexity index is 1040. The second-order valence-corrected chi connectivity index (χ2v) is 6.63. The molecule has 8 nitrogen and oxygen atoms in total. The largest absolute Gasteiger partial charge is 0.480 e. The van der Waals surface area contributed by atoms with E-state index in [0.29, 0.717) is 16.9 Å². The molecule has 0 aliphatic carbocycles. The number of benzene rings is 2. The fraction of sp³-hybridized carbons (Fsp3) is 0.182. The Kier molecular flexibility index (Phi) is 6.59. The lowest BCUT2D eigenvalue weighted by atomic mass is 9.92. The number of nitroso groups, excluding NO2 is 1. The molecular weight excluding hydrogens is 382 g/mol. The molecule has 30 heavy (non-hydrogen) atoms. The first-order valence-corrected chi connectivity index (χ1v) is 9.22. The molecule has 1 heterocycles. The van der Waals surface area contributed by atoms with Gasteiger partial charge in [0.15, 0.2) is 6.04 Å². The number of Topliss-reactive ketones (excluding diaryl/α,β-unsaturated/α-hetero) is 1. The van der Waals surface area contributed by atoms with E-state index in [1.54, 1.807) is 42.5 Å². The molecule has 0 fully saturated rings. The second kappa shape index (κ2) is 9.51. The minimum atomic E-state index is -1.20. The van der Waals surface area contributed by atoms with Gasteiger partial charge in [-0.1, -0.05) is 65.3 Å². The summed E-state index contributed by atoms with van der Waals surface area (Å²) in [7, 11) is 1.46. The van der Waals surface area contributed by atoms with Gasteiger partial charge in [-0.05, 0) is 18.1 Å². The average molecular weight is 403 g/mol. The lowest BCUT2D eigenvalue weighted by Crippen LogP contribution is -2.31. The molecule has 152 valence electrons. The Morgan fingerprint density at radius 1 is 1.07 bits per heavy atom. The molecule has 2 aromatic carbocycles. The highest BCUT2D eigenvalue weighted by Crippen LogP contribution is 2.26. The molecule has 0 saturated carbocycles. The van der Waals surface area contributed by atoms with Gasteiger partial charge in [0.05, 0.1) is 19.5 Å². The molecule has 0 saturated heterocycles. The van der Waals surface area contributed by atoms with Crippen molar-refractivity contribution in [3.8, 4) is 5.88 Å². The van der Waals surface area contributed by atoms with E-state index in [1.807, 2.05) is 19.1 Å². The molecule has 2 N–H and O–H groups in total. The fourth-order valence-corrected chi connectivity index (χ4v) is 2.93. The topological polar surface area (TPSA) is 117 Å². The highest BCUT2D eigenvalue weighted by atomic mass is 16.5. The van der Waals surface area contributed by atoms with Crippen LogP contribution in [0, 0.1) is 17.2 Å². The number of rotatable bonds is 9. The average Bonchev–Trinajstić information content (AvgIpc) is 2.79. The molecule has 0 aliphatic rings. The van der Waals surface area contributed by atoms with Crippen LogP contribution in [0.5, 0.6) is 5.88 Å². The van der Waals surface area contributed by atoms with Crippen molar-refractivity contribution in [1.29, 1.82) is 5.41 Å². The van der Waals surface area contributed by atoms with Crippen molar-refractivity contribution in [1.82, 2.24) is 9.97 Å². The number of nitrogens with zero attached hydrogens (tertiary/aromatic N) is 3. The normalized spacial score (nSPS) is 12.5. The molecule has 0 radical (unpaired) electrons. The summed E-state index contributed by atoms with van der Waals surface area (Å²) in [6, 6.07) is 13.7. The van der Waals surface area contributed by atoms with Gasteiger partial charge in [-0.15, -0.1) is 4.91 Å². The molecule has 3 rings (SSSR count). The molecule has 0 amide bonds. The van der Waals surface area contributed by atoms with Crippen molar-refractivity contribution < 1.29 is 9.53 Å². The second-order valence-electron chi connectivity index (χ2n) is 6.63. The van der Waals surface area contributed by atoms with Crippen LogP contribution in [0.15, 0.2) is 72.2 Å². The van der Waals surface area contributed by atoms with Crippen molar-refractivity contribution >= 4 is 17.3 Å². The lowest BCUT2D eigenvalue weighted by Gasteiger charge is -2.21. The van der Waals surface area contributed by atoms with E-state index < -0.39 is 23.6 Å². The van der Waals surface area contributed by atoms with Gasteiger partial charge in [-0.3, -0.25) is 15.2 Å². The maximum Gasteiger partial charge on any atom is 0.233 e. The molecule has 1 aromatic heterocycles. The van der Waals surface area contributed by atoms with Crippen LogP contribution in [-0.4, -0.2) is 28.6 Å². The van der Waals surface area contributed by atoms with E-state index in [9.17, 15) is 9.70 Å². The van der Waals surface area contributed by atoms with E-state index in [2.05, 4.69) is 20.5 Å². The smallest absolute Gasteiger partial charge is 0.233 e. The van der Waals surface area contributed by atoms with Crippen LogP contribution >= 0.6 is 0 Å². The van der Waals surface area contributed by atoms with Gasteiger partial charge in [-0.25, -0.2) is 0 Å². The minimum Gasteiger partial charge on any atom is -0.480 e. The van der Waals surface area contributed by atoms with Crippen LogP contribution in [0.3, 0.4) is 0 Å². The first-order valence-electron chi connectivity index (χ1n) is 9.22. The number of nitrogens with one attached hydrogen (secondary N) is 2. The van der Waals surface area contributed by atoms with Crippen molar-refractivity contribution in [2.45, 2.75) is 19.0 Å². The van der Waals surface area contributed by atoms with Gasteiger partial charge in [-0.2, -0.15) is 4.98 Å². The quantitative estimate of drug-likeness (QED) is 0.411. The molecule has 0 bridgehead atoms. The standard InChI is InChI=1S/C22H21N5O3/c1-14-8-10-16(11-9-14)21(26-17-12-24-13-18(25-17)30-2)22(28)19(23)20(27-29)15-6-4-3-5-7-15/h3-13,20-21,23H,1-2H3,(H,25,26). The Labute approximate surface area is 173 Å². The van der Waals surface area contributed by atoms with Crippen LogP contribution < -0.4 is 10.1 Å². The molecule has 2 unspecified atom stereocenters.